The Bertz CT molecular complexity index is 881. The second-order valence-corrected chi connectivity index (χ2v) is 6.45. The van der Waals surface area contributed by atoms with Crippen molar-refractivity contribution in [3.8, 4) is 17.1 Å². The Morgan fingerprint density at radius 1 is 1.12 bits per heavy atom. The highest BCUT2D eigenvalue weighted by atomic mass is 32.2. The number of nitrogens with zero attached hydrogens (tertiary/aromatic N) is 3. The van der Waals surface area contributed by atoms with Gasteiger partial charge in [-0.2, -0.15) is 0 Å². The van der Waals surface area contributed by atoms with Crippen LogP contribution in [0.2, 0.25) is 0 Å². The SMILES string of the molecule is CCn1c(SCC(=O)OCc2ccccc2)nnc1-c1ccccc1O. The van der Waals surface area contributed by atoms with E-state index in [4.69, 9.17) is 4.74 Å². The van der Waals surface area contributed by atoms with Crippen LogP contribution in [0.4, 0.5) is 0 Å². The van der Waals surface area contributed by atoms with E-state index in [0.717, 1.165) is 5.56 Å². The van der Waals surface area contributed by atoms with E-state index in [1.165, 1.54) is 11.8 Å². The van der Waals surface area contributed by atoms with Gasteiger partial charge in [-0.3, -0.25) is 4.79 Å². The van der Waals surface area contributed by atoms with Gasteiger partial charge in [-0.05, 0) is 24.6 Å². The zero-order valence-electron chi connectivity index (χ0n) is 14.3. The Kier molecular flexibility index (Phi) is 5.91. The molecule has 26 heavy (non-hydrogen) atoms. The van der Waals surface area contributed by atoms with E-state index in [0.29, 0.717) is 23.1 Å². The molecule has 1 aromatic heterocycles. The number of carbonyl (C=O) groups is 1. The van der Waals surface area contributed by atoms with E-state index in [1.54, 1.807) is 18.2 Å². The molecular weight excluding hydrogens is 350 g/mol. The zero-order valence-corrected chi connectivity index (χ0v) is 15.1. The first-order chi connectivity index (χ1) is 12.7. The van der Waals surface area contributed by atoms with Gasteiger partial charge in [0.1, 0.15) is 12.4 Å². The largest absolute Gasteiger partial charge is 0.507 e. The number of hydrogen-bond donors (Lipinski definition) is 1. The standard InChI is InChI=1S/C19H19N3O3S/c1-2-22-18(15-10-6-7-11-16(15)23)20-21-19(22)26-13-17(24)25-12-14-8-4-3-5-9-14/h3-11,23H,2,12-13H2,1H3. The number of aromatic hydroxyl groups is 1. The lowest BCUT2D eigenvalue weighted by Crippen LogP contribution is -2.08. The highest BCUT2D eigenvalue weighted by Gasteiger charge is 2.17. The van der Waals surface area contributed by atoms with Crippen LogP contribution in [0.5, 0.6) is 5.75 Å². The van der Waals surface area contributed by atoms with Crippen molar-refractivity contribution in [3.05, 3.63) is 60.2 Å². The molecule has 0 aliphatic heterocycles. The minimum atomic E-state index is -0.311. The smallest absolute Gasteiger partial charge is 0.316 e. The third kappa shape index (κ3) is 4.23. The number of ether oxygens (including phenoxy) is 1. The Hall–Kier alpha value is -2.80. The highest BCUT2D eigenvalue weighted by molar-refractivity contribution is 7.99. The van der Waals surface area contributed by atoms with Gasteiger partial charge in [0.2, 0.25) is 0 Å². The number of benzene rings is 2. The summed E-state index contributed by atoms with van der Waals surface area (Å²) in [7, 11) is 0. The lowest BCUT2D eigenvalue weighted by atomic mass is 10.2. The van der Waals surface area contributed by atoms with Gasteiger partial charge in [-0.25, -0.2) is 0 Å². The maximum absolute atomic E-state index is 12.0. The minimum absolute atomic E-state index is 0.145. The van der Waals surface area contributed by atoms with Crippen molar-refractivity contribution >= 4 is 17.7 Å². The molecule has 0 saturated heterocycles. The van der Waals surface area contributed by atoms with Crippen molar-refractivity contribution in [2.75, 3.05) is 5.75 Å². The Labute approximate surface area is 155 Å². The van der Waals surface area contributed by atoms with E-state index < -0.39 is 0 Å². The molecule has 3 rings (SSSR count). The number of carbonyl (C=O) groups excluding carboxylic acids is 1. The van der Waals surface area contributed by atoms with E-state index in [9.17, 15) is 9.90 Å². The molecule has 2 aromatic carbocycles. The summed E-state index contributed by atoms with van der Waals surface area (Å²) in [5.41, 5.74) is 1.56. The van der Waals surface area contributed by atoms with Crippen LogP contribution in [-0.4, -0.2) is 31.6 Å². The number of phenols is 1. The number of para-hydroxylation sites is 1. The van der Waals surface area contributed by atoms with Gasteiger partial charge in [0.25, 0.3) is 0 Å². The summed E-state index contributed by atoms with van der Waals surface area (Å²) in [6.45, 7) is 2.84. The quantitative estimate of drug-likeness (QED) is 0.507. The van der Waals surface area contributed by atoms with Crippen LogP contribution in [0.15, 0.2) is 59.8 Å². The number of thioether (sulfide) groups is 1. The highest BCUT2D eigenvalue weighted by Crippen LogP contribution is 2.30. The van der Waals surface area contributed by atoms with Gasteiger partial charge in [0, 0.05) is 6.54 Å². The van der Waals surface area contributed by atoms with Crippen molar-refractivity contribution < 1.29 is 14.6 Å². The molecule has 1 heterocycles. The topological polar surface area (TPSA) is 77.2 Å². The predicted octanol–water partition coefficient (Wildman–Crippen LogP) is 3.51. The molecule has 3 aromatic rings. The summed E-state index contributed by atoms with van der Waals surface area (Å²) in [5.74, 6) is 0.555. The molecule has 0 spiro atoms. The molecule has 0 radical (unpaired) electrons. The lowest BCUT2D eigenvalue weighted by Gasteiger charge is -2.08. The Balaban J connectivity index is 1.63. The van der Waals surface area contributed by atoms with Crippen LogP contribution in [0, 0.1) is 0 Å². The van der Waals surface area contributed by atoms with E-state index in [2.05, 4.69) is 10.2 Å². The van der Waals surface area contributed by atoms with Gasteiger partial charge in [-0.1, -0.05) is 54.2 Å². The Morgan fingerprint density at radius 3 is 2.58 bits per heavy atom. The molecule has 7 heteroatoms. The summed E-state index contributed by atoms with van der Waals surface area (Å²) < 4.78 is 7.14. The average Bonchev–Trinajstić information content (AvgIpc) is 3.08. The fourth-order valence-corrected chi connectivity index (χ4v) is 3.25. The summed E-state index contributed by atoms with van der Waals surface area (Å²) in [6, 6.07) is 16.5. The summed E-state index contributed by atoms with van der Waals surface area (Å²) in [6.07, 6.45) is 0. The number of aromatic nitrogens is 3. The second-order valence-electron chi connectivity index (χ2n) is 5.50. The van der Waals surface area contributed by atoms with E-state index in [-0.39, 0.29) is 24.1 Å². The lowest BCUT2D eigenvalue weighted by molar-refractivity contribution is -0.141. The fraction of sp³-hybridized carbons (Fsp3) is 0.211. The average molecular weight is 369 g/mol. The van der Waals surface area contributed by atoms with Gasteiger partial charge in [-0.15, -0.1) is 10.2 Å². The Morgan fingerprint density at radius 2 is 1.85 bits per heavy atom. The van der Waals surface area contributed by atoms with E-state index >= 15 is 0 Å². The molecule has 1 N–H and O–H groups in total. The summed E-state index contributed by atoms with van der Waals surface area (Å²) in [4.78, 5) is 12.0. The van der Waals surface area contributed by atoms with Gasteiger partial charge >= 0.3 is 5.97 Å². The molecule has 0 aliphatic rings. The zero-order chi connectivity index (χ0) is 18.4. The van der Waals surface area contributed by atoms with E-state index in [1.807, 2.05) is 47.9 Å². The molecule has 0 unspecified atom stereocenters. The number of phenolic OH excluding ortho intramolecular Hbond substituents is 1. The first-order valence-corrected chi connectivity index (χ1v) is 9.21. The third-order valence-corrected chi connectivity index (χ3v) is 4.68. The van der Waals surface area contributed by atoms with Gasteiger partial charge < -0.3 is 14.4 Å². The maximum Gasteiger partial charge on any atom is 0.316 e. The predicted molar refractivity (Wildman–Crippen MR) is 99.8 cm³/mol. The van der Waals surface area contributed by atoms with Crippen LogP contribution < -0.4 is 0 Å². The van der Waals surface area contributed by atoms with Crippen LogP contribution >= 0.6 is 11.8 Å². The third-order valence-electron chi connectivity index (χ3n) is 3.74. The number of hydrogen-bond acceptors (Lipinski definition) is 6. The summed E-state index contributed by atoms with van der Waals surface area (Å²) in [5, 5.41) is 19.0. The second kappa shape index (κ2) is 8.53. The van der Waals surface area contributed by atoms with Crippen molar-refractivity contribution in [1.29, 1.82) is 0 Å². The van der Waals surface area contributed by atoms with Crippen LogP contribution in [-0.2, 0) is 22.7 Å². The fourth-order valence-electron chi connectivity index (χ4n) is 2.45. The number of esters is 1. The first-order valence-electron chi connectivity index (χ1n) is 8.23. The molecule has 6 nitrogen and oxygen atoms in total. The van der Waals surface area contributed by atoms with Crippen molar-refractivity contribution in [3.63, 3.8) is 0 Å². The normalized spacial score (nSPS) is 10.7. The number of rotatable bonds is 7. The monoisotopic (exact) mass is 369 g/mol. The molecule has 0 aliphatic carbocycles. The summed E-state index contributed by atoms with van der Waals surface area (Å²) >= 11 is 1.27. The minimum Gasteiger partial charge on any atom is -0.507 e. The molecular formula is C19H19N3O3S. The molecule has 0 saturated carbocycles. The van der Waals surface area contributed by atoms with Crippen molar-refractivity contribution in [1.82, 2.24) is 14.8 Å². The molecule has 0 bridgehead atoms. The van der Waals surface area contributed by atoms with Crippen molar-refractivity contribution in [2.24, 2.45) is 0 Å². The molecule has 0 atom stereocenters. The molecule has 0 amide bonds. The van der Waals surface area contributed by atoms with Crippen LogP contribution in [0.1, 0.15) is 12.5 Å². The van der Waals surface area contributed by atoms with Gasteiger partial charge in [0.05, 0.1) is 11.3 Å². The van der Waals surface area contributed by atoms with Crippen LogP contribution in [0.3, 0.4) is 0 Å². The maximum atomic E-state index is 12.0. The molecule has 134 valence electrons. The molecule has 0 fully saturated rings. The van der Waals surface area contributed by atoms with Gasteiger partial charge in [0.15, 0.2) is 11.0 Å². The van der Waals surface area contributed by atoms with Crippen molar-refractivity contribution in [2.45, 2.75) is 25.2 Å². The van der Waals surface area contributed by atoms with Crippen LogP contribution in [0.25, 0.3) is 11.4 Å². The first kappa shape index (κ1) is 18.0.